The molecule has 1 aromatic carbocycles. The number of halogens is 1. The molecule has 4 rings (SSSR count). The molecule has 0 radical (unpaired) electrons. The Bertz CT molecular complexity index is 1050. The minimum atomic E-state index is -3.61. The largest absolute Gasteiger partial charge is 0.347 e. The Labute approximate surface area is 182 Å². The van der Waals surface area contributed by atoms with Crippen molar-refractivity contribution in [3.05, 3.63) is 42.0 Å². The summed E-state index contributed by atoms with van der Waals surface area (Å²) in [5.41, 5.74) is 7.99. The second-order valence-electron chi connectivity index (χ2n) is 8.52. The van der Waals surface area contributed by atoms with E-state index in [9.17, 15) is 12.8 Å². The van der Waals surface area contributed by atoms with E-state index >= 15 is 0 Å². The van der Waals surface area contributed by atoms with Crippen molar-refractivity contribution in [3.63, 3.8) is 0 Å². The third-order valence-electron chi connectivity index (χ3n) is 6.06. The van der Waals surface area contributed by atoms with Gasteiger partial charge in [0.1, 0.15) is 11.1 Å². The number of aromatic nitrogens is 2. The highest BCUT2D eigenvalue weighted by atomic mass is 32.2. The van der Waals surface area contributed by atoms with Gasteiger partial charge in [0.05, 0.1) is 11.7 Å². The normalized spacial score (nSPS) is 27.0. The molecule has 10 heteroatoms. The van der Waals surface area contributed by atoms with E-state index in [0.29, 0.717) is 35.7 Å². The molecule has 0 spiro atoms. The topological polar surface area (TPSA) is 90.5 Å². The van der Waals surface area contributed by atoms with Crippen LogP contribution in [0, 0.1) is 5.82 Å². The number of anilines is 1. The van der Waals surface area contributed by atoms with Crippen LogP contribution in [0.4, 0.5) is 10.3 Å². The molecule has 0 amide bonds. The summed E-state index contributed by atoms with van der Waals surface area (Å²) in [5, 5.41) is -0.583. The summed E-state index contributed by atoms with van der Waals surface area (Å²) in [5.74, 6) is 0.132. The van der Waals surface area contributed by atoms with Crippen LogP contribution in [0.1, 0.15) is 38.4 Å². The molecule has 8 nitrogen and oxygen atoms in total. The number of hydrogen-bond donors (Lipinski definition) is 2. The number of sulfonamides is 1. The van der Waals surface area contributed by atoms with Gasteiger partial charge in [-0.3, -0.25) is 10.9 Å². The highest BCUT2D eigenvalue weighted by Crippen LogP contribution is 2.40. The summed E-state index contributed by atoms with van der Waals surface area (Å²) < 4.78 is 42.9. The first-order valence-corrected chi connectivity index (χ1v) is 12.0. The summed E-state index contributed by atoms with van der Waals surface area (Å²) in [7, 11) is 0.0592. The maximum absolute atomic E-state index is 14.0. The molecule has 1 aromatic heterocycles. The molecule has 2 saturated heterocycles. The zero-order valence-corrected chi connectivity index (χ0v) is 19.0. The van der Waals surface area contributed by atoms with Crippen LogP contribution in [-0.2, 0) is 10.0 Å². The van der Waals surface area contributed by atoms with E-state index in [-0.39, 0.29) is 17.9 Å². The molecule has 2 aromatic rings. The number of hydrogen-bond acceptors (Lipinski definition) is 7. The van der Waals surface area contributed by atoms with E-state index in [0.717, 1.165) is 6.42 Å². The van der Waals surface area contributed by atoms with Crippen LogP contribution >= 0.6 is 0 Å². The van der Waals surface area contributed by atoms with Gasteiger partial charge in [-0.15, -0.1) is 0 Å². The number of benzene rings is 1. The molecular formula is C21H29FN6O2S. The van der Waals surface area contributed by atoms with Gasteiger partial charge in [-0.1, -0.05) is 12.1 Å². The van der Waals surface area contributed by atoms with E-state index in [4.69, 9.17) is 4.98 Å². The summed E-state index contributed by atoms with van der Waals surface area (Å²) in [4.78, 5) is 10.9. The van der Waals surface area contributed by atoms with Crippen molar-refractivity contribution in [2.45, 2.75) is 50.1 Å². The summed E-state index contributed by atoms with van der Waals surface area (Å²) in [6.07, 6.45) is 3.06. The highest BCUT2D eigenvalue weighted by Gasteiger charge is 2.47. The van der Waals surface area contributed by atoms with Crippen molar-refractivity contribution in [1.29, 1.82) is 0 Å². The highest BCUT2D eigenvalue weighted by molar-refractivity contribution is 7.89. The molecule has 0 saturated carbocycles. The van der Waals surface area contributed by atoms with Gasteiger partial charge in [-0.25, -0.2) is 22.8 Å². The fourth-order valence-electron chi connectivity index (χ4n) is 4.58. The SMILES string of the molecule is CC1NNC(C)C1S(=O)(=O)N1CCCC1c1nc(N(C)C)ncc1-c1cccc(F)c1. The molecule has 2 N–H and O–H groups in total. The molecule has 3 heterocycles. The second-order valence-corrected chi connectivity index (χ2v) is 10.6. The van der Waals surface area contributed by atoms with Crippen LogP contribution in [0.3, 0.4) is 0 Å². The van der Waals surface area contributed by atoms with Gasteiger partial charge in [0.25, 0.3) is 0 Å². The van der Waals surface area contributed by atoms with Crippen LogP contribution in [0.15, 0.2) is 30.5 Å². The minimum absolute atomic E-state index is 0.216. The molecule has 0 aliphatic carbocycles. The molecule has 2 aliphatic heterocycles. The Morgan fingerprint density at radius 3 is 2.55 bits per heavy atom. The first-order valence-electron chi connectivity index (χ1n) is 10.5. The van der Waals surface area contributed by atoms with Gasteiger partial charge in [0.2, 0.25) is 16.0 Å². The molecular weight excluding hydrogens is 419 g/mol. The monoisotopic (exact) mass is 448 g/mol. The van der Waals surface area contributed by atoms with Crippen LogP contribution in [-0.4, -0.2) is 60.7 Å². The van der Waals surface area contributed by atoms with Gasteiger partial charge >= 0.3 is 0 Å². The maximum atomic E-state index is 14.0. The summed E-state index contributed by atoms with van der Waals surface area (Å²) >= 11 is 0. The Balaban J connectivity index is 1.81. The van der Waals surface area contributed by atoms with Crippen molar-refractivity contribution < 1.29 is 12.8 Å². The molecule has 3 atom stereocenters. The van der Waals surface area contributed by atoms with Crippen LogP contribution < -0.4 is 15.8 Å². The Hall–Kier alpha value is -2.14. The van der Waals surface area contributed by atoms with Crippen LogP contribution in [0.2, 0.25) is 0 Å². The molecule has 0 bridgehead atoms. The number of hydrazine groups is 1. The average Bonchev–Trinajstić information content (AvgIpc) is 3.35. The van der Waals surface area contributed by atoms with E-state index in [1.807, 2.05) is 27.9 Å². The lowest BCUT2D eigenvalue weighted by Gasteiger charge is -2.30. The Morgan fingerprint density at radius 1 is 1.19 bits per heavy atom. The molecule has 31 heavy (non-hydrogen) atoms. The maximum Gasteiger partial charge on any atom is 0.225 e. The van der Waals surface area contributed by atoms with Gasteiger partial charge in [-0.2, -0.15) is 4.31 Å². The number of nitrogens with zero attached hydrogens (tertiary/aromatic N) is 4. The average molecular weight is 449 g/mol. The lowest BCUT2D eigenvalue weighted by molar-refractivity contribution is 0.379. The van der Waals surface area contributed by atoms with Crippen molar-refractivity contribution in [2.24, 2.45) is 0 Å². The third kappa shape index (κ3) is 4.05. The third-order valence-corrected chi connectivity index (χ3v) is 8.65. The Morgan fingerprint density at radius 2 is 1.90 bits per heavy atom. The van der Waals surface area contributed by atoms with E-state index < -0.39 is 21.3 Å². The molecule has 2 aliphatic rings. The quantitative estimate of drug-likeness (QED) is 0.724. The first kappa shape index (κ1) is 22.1. The first-order chi connectivity index (χ1) is 14.7. The summed E-state index contributed by atoms with van der Waals surface area (Å²) in [6, 6.07) is 5.39. The molecule has 2 fully saturated rings. The van der Waals surface area contributed by atoms with Crippen LogP contribution in [0.25, 0.3) is 11.1 Å². The fraction of sp³-hybridized carbons (Fsp3) is 0.524. The standard InChI is InChI=1S/C21H29FN6O2S/c1-13-20(14(2)26-25-13)31(29,30)28-10-6-9-18(28)19-17(12-23-21(24-19)27(3)4)15-7-5-8-16(22)11-15/h5,7-8,11-14,18,20,25-26H,6,9-10H2,1-4H3. The smallest absolute Gasteiger partial charge is 0.225 e. The van der Waals surface area contributed by atoms with Gasteiger partial charge in [0, 0.05) is 44.5 Å². The van der Waals surface area contributed by atoms with Crippen molar-refractivity contribution in [3.8, 4) is 11.1 Å². The number of rotatable bonds is 5. The van der Waals surface area contributed by atoms with Crippen LogP contribution in [0.5, 0.6) is 0 Å². The minimum Gasteiger partial charge on any atom is -0.347 e. The lowest BCUT2D eigenvalue weighted by Crippen LogP contribution is -2.46. The molecule has 168 valence electrons. The summed E-state index contributed by atoms with van der Waals surface area (Å²) in [6.45, 7) is 4.18. The molecule has 3 unspecified atom stereocenters. The van der Waals surface area contributed by atoms with Gasteiger partial charge < -0.3 is 4.90 Å². The van der Waals surface area contributed by atoms with E-state index in [1.165, 1.54) is 12.1 Å². The van der Waals surface area contributed by atoms with Gasteiger partial charge in [0.15, 0.2) is 0 Å². The Kier molecular flexibility index (Phi) is 5.99. The predicted octanol–water partition coefficient (Wildman–Crippen LogP) is 2.07. The van der Waals surface area contributed by atoms with Gasteiger partial charge in [-0.05, 0) is 44.4 Å². The predicted molar refractivity (Wildman–Crippen MR) is 118 cm³/mol. The van der Waals surface area contributed by atoms with Crippen molar-refractivity contribution in [1.82, 2.24) is 25.1 Å². The van der Waals surface area contributed by atoms with E-state index in [2.05, 4.69) is 15.8 Å². The van der Waals surface area contributed by atoms with Crippen molar-refractivity contribution >= 4 is 16.0 Å². The van der Waals surface area contributed by atoms with Crippen molar-refractivity contribution in [2.75, 3.05) is 25.5 Å². The lowest BCUT2D eigenvalue weighted by atomic mass is 10.0. The fourth-order valence-corrected chi connectivity index (χ4v) is 7.01. The zero-order valence-electron chi connectivity index (χ0n) is 18.2. The second kappa shape index (κ2) is 8.42. The number of nitrogens with one attached hydrogen (secondary N) is 2. The zero-order chi connectivity index (χ0) is 22.3. The van der Waals surface area contributed by atoms with E-state index in [1.54, 1.807) is 27.5 Å².